The van der Waals surface area contributed by atoms with Crippen LogP contribution < -0.4 is 0 Å². The maximum atomic E-state index is 10.9. The van der Waals surface area contributed by atoms with Crippen LogP contribution in [0.25, 0.3) is 0 Å². The van der Waals surface area contributed by atoms with E-state index in [1.165, 1.54) is 18.1 Å². The number of esters is 1. The molecule has 0 N–H and O–H groups in total. The summed E-state index contributed by atoms with van der Waals surface area (Å²) in [5.41, 5.74) is 2.58. The lowest BCUT2D eigenvalue weighted by Crippen LogP contribution is -2.31. The third-order valence-electron chi connectivity index (χ3n) is 3.44. The number of nitrogens with zero attached hydrogens (tertiary/aromatic N) is 1. The second kappa shape index (κ2) is 6.53. The van der Waals surface area contributed by atoms with Crippen molar-refractivity contribution in [2.24, 2.45) is 0 Å². The van der Waals surface area contributed by atoms with E-state index in [4.69, 9.17) is 4.74 Å². The third-order valence-corrected chi connectivity index (χ3v) is 3.44. The van der Waals surface area contributed by atoms with E-state index >= 15 is 0 Å². The average Bonchev–Trinajstić information content (AvgIpc) is 2.40. The van der Waals surface area contributed by atoms with Gasteiger partial charge in [-0.05, 0) is 24.5 Å². The fourth-order valence-electron chi connectivity index (χ4n) is 2.41. The fraction of sp³-hybridized carbons (Fsp3) is 0.438. The highest BCUT2D eigenvalue weighted by molar-refractivity contribution is 5.66. The van der Waals surface area contributed by atoms with Gasteiger partial charge in [-0.3, -0.25) is 9.69 Å². The number of carbonyl (C=O) groups is 1. The second-order valence-corrected chi connectivity index (χ2v) is 5.00. The van der Waals surface area contributed by atoms with E-state index in [0.717, 1.165) is 26.1 Å². The molecule has 0 bridgehead atoms. The highest BCUT2D eigenvalue weighted by Gasteiger charge is 2.17. The number of benzene rings is 1. The summed E-state index contributed by atoms with van der Waals surface area (Å²) in [6.07, 6.45) is 3.08. The zero-order valence-electron chi connectivity index (χ0n) is 11.6. The van der Waals surface area contributed by atoms with Gasteiger partial charge in [-0.2, -0.15) is 0 Å². The van der Waals surface area contributed by atoms with Gasteiger partial charge in [0.1, 0.15) is 6.10 Å². The summed E-state index contributed by atoms with van der Waals surface area (Å²) in [6, 6.07) is 10.5. The minimum absolute atomic E-state index is 0.0867. The Balaban J connectivity index is 1.87. The van der Waals surface area contributed by atoms with Crippen molar-refractivity contribution in [3.05, 3.63) is 47.5 Å². The highest BCUT2D eigenvalue weighted by Crippen LogP contribution is 2.18. The molecule has 1 heterocycles. The predicted molar refractivity (Wildman–Crippen MR) is 75.6 cm³/mol. The van der Waals surface area contributed by atoms with Crippen molar-refractivity contribution in [2.45, 2.75) is 32.9 Å². The predicted octanol–water partition coefficient (Wildman–Crippen LogP) is 2.77. The molecule has 1 aromatic carbocycles. The van der Waals surface area contributed by atoms with E-state index in [-0.39, 0.29) is 12.1 Å². The molecular formula is C16H21NO2. The molecule has 19 heavy (non-hydrogen) atoms. The van der Waals surface area contributed by atoms with Crippen LogP contribution in [0.15, 0.2) is 42.0 Å². The molecule has 0 fully saturated rings. The minimum atomic E-state index is -0.208. The van der Waals surface area contributed by atoms with Crippen molar-refractivity contribution in [3.8, 4) is 0 Å². The van der Waals surface area contributed by atoms with E-state index < -0.39 is 0 Å². The maximum Gasteiger partial charge on any atom is 0.303 e. The standard InChI is InChI=1S/C16H21NO2/c1-13(19-14(2)18)16-8-10-17(11-9-16)12-15-6-4-3-5-7-15/h3-8,13H,9-12H2,1-2H3/t13-/m0/s1. The van der Waals surface area contributed by atoms with Crippen molar-refractivity contribution in [3.63, 3.8) is 0 Å². The smallest absolute Gasteiger partial charge is 0.303 e. The zero-order chi connectivity index (χ0) is 13.7. The molecule has 0 spiro atoms. The first-order chi connectivity index (χ1) is 9.15. The molecule has 0 amide bonds. The van der Waals surface area contributed by atoms with Crippen LogP contribution in [-0.4, -0.2) is 30.1 Å². The number of hydrogen-bond acceptors (Lipinski definition) is 3. The molecule has 0 saturated carbocycles. The van der Waals surface area contributed by atoms with Crippen LogP contribution in [0.1, 0.15) is 25.8 Å². The number of hydrogen-bond donors (Lipinski definition) is 0. The van der Waals surface area contributed by atoms with Gasteiger partial charge in [0.05, 0.1) is 0 Å². The van der Waals surface area contributed by atoms with Gasteiger partial charge in [0.15, 0.2) is 0 Å². The van der Waals surface area contributed by atoms with Crippen LogP contribution in [0.4, 0.5) is 0 Å². The Labute approximate surface area is 114 Å². The van der Waals surface area contributed by atoms with Gasteiger partial charge in [0, 0.05) is 26.6 Å². The molecule has 1 atom stereocenters. The van der Waals surface area contributed by atoms with E-state index in [0.29, 0.717) is 0 Å². The van der Waals surface area contributed by atoms with Gasteiger partial charge in [0.2, 0.25) is 0 Å². The van der Waals surface area contributed by atoms with Crippen LogP contribution in [0.5, 0.6) is 0 Å². The molecule has 3 nitrogen and oxygen atoms in total. The molecule has 102 valence electrons. The van der Waals surface area contributed by atoms with Crippen molar-refractivity contribution in [1.29, 1.82) is 0 Å². The van der Waals surface area contributed by atoms with E-state index in [2.05, 4.69) is 35.2 Å². The van der Waals surface area contributed by atoms with E-state index in [1.54, 1.807) is 0 Å². The molecule has 1 aliphatic heterocycles. The molecule has 0 aromatic heterocycles. The van der Waals surface area contributed by atoms with Crippen LogP contribution in [0.3, 0.4) is 0 Å². The van der Waals surface area contributed by atoms with Gasteiger partial charge in [-0.1, -0.05) is 36.4 Å². The number of rotatable bonds is 4. The fourth-order valence-corrected chi connectivity index (χ4v) is 2.41. The Morgan fingerprint density at radius 1 is 1.37 bits per heavy atom. The quantitative estimate of drug-likeness (QED) is 0.615. The normalized spacial score (nSPS) is 17.7. The summed E-state index contributed by atoms with van der Waals surface area (Å²) >= 11 is 0. The summed E-state index contributed by atoms with van der Waals surface area (Å²) in [6.45, 7) is 6.33. The monoisotopic (exact) mass is 259 g/mol. The number of carbonyl (C=O) groups excluding carboxylic acids is 1. The van der Waals surface area contributed by atoms with Gasteiger partial charge in [-0.15, -0.1) is 0 Å². The largest absolute Gasteiger partial charge is 0.458 e. The van der Waals surface area contributed by atoms with Crippen LogP contribution in [0.2, 0.25) is 0 Å². The summed E-state index contributed by atoms with van der Waals surface area (Å²) in [5.74, 6) is -0.208. The Hall–Kier alpha value is -1.61. The van der Waals surface area contributed by atoms with Crippen molar-refractivity contribution < 1.29 is 9.53 Å². The summed E-state index contributed by atoms with van der Waals surface area (Å²) in [7, 11) is 0. The summed E-state index contributed by atoms with van der Waals surface area (Å²) in [5, 5.41) is 0. The van der Waals surface area contributed by atoms with Gasteiger partial charge in [0.25, 0.3) is 0 Å². The lowest BCUT2D eigenvalue weighted by Gasteiger charge is -2.28. The first-order valence-corrected chi connectivity index (χ1v) is 6.77. The highest BCUT2D eigenvalue weighted by atomic mass is 16.5. The molecule has 1 aliphatic rings. The van der Waals surface area contributed by atoms with Crippen molar-refractivity contribution in [1.82, 2.24) is 4.90 Å². The molecular weight excluding hydrogens is 238 g/mol. The van der Waals surface area contributed by atoms with Gasteiger partial charge < -0.3 is 4.74 Å². The van der Waals surface area contributed by atoms with Crippen molar-refractivity contribution >= 4 is 5.97 Å². The van der Waals surface area contributed by atoms with E-state index in [9.17, 15) is 4.79 Å². The second-order valence-electron chi connectivity index (χ2n) is 5.00. The lowest BCUT2D eigenvalue weighted by molar-refractivity contribution is -0.144. The Morgan fingerprint density at radius 2 is 2.11 bits per heavy atom. The summed E-state index contributed by atoms with van der Waals surface area (Å²) in [4.78, 5) is 13.3. The van der Waals surface area contributed by atoms with Crippen LogP contribution >= 0.6 is 0 Å². The SMILES string of the molecule is CC(=O)O[C@@H](C)C1=CCN(Cc2ccccc2)CC1. The molecule has 0 saturated heterocycles. The molecule has 3 heteroatoms. The molecule has 0 aliphatic carbocycles. The third kappa shape index (κ3) is 4.21. The average molecular weight is 259 g/mol. The Kier molecular flexibility index (Phi) is 4.74. The molecule has 0 unspecified atom stereocenters. The molecule has 2 rings (SSSR count). The Morgan fingerprint density at radius 3 is 2.68 bits per heavy atom. The molecule has 1 aromatic rings. The lowest BCUT2D eigenvalue weighted by atomic mass is 10.0. The number of ether oxygens (including phenoxy) is 1. The van der Waals surface area contributed by atoms with E-state index in [1.807, 2.05) is 13.0 Å². The van der Waals surface area contributed by atoms with Crippen molar-refractivity contribution in [2.75, 3.05) is 13.1 Å². The van der Waals surface area contributed by atoms with Crippen LogP contribution in [-0.2, 0) is 16.1 Å². The minimum Gasteiger partial charge on any atom is -0.458 e. The first kappa shape index (κ1) is 13.8. The van der Waals surface area contributed by atoms with Gasteiger partial charge >= 0.3 is 5.97 Å². The van der Waals surface area contributed by atoms with Gasteiger partial charge in [-0.25, -0.2) is 0 Å². The van der Waals surface area contributed by atoms with Crippen LogP contribution in [0, 0.1) is 0 Å². The zero-order valence-corrected chi connectivity index (χ0v) is 11.6. The Bertz CT molecular complexity index is 453. The first-order valence-electron chi connectivity index (χ1n) is 6.77. The topological polar surface area (TPSA) is 29.5 Å². The molecule has 0 radical (unpaired) electrons. The summed E-state index contributed by atoms with van der Waals surface area (Å²) < 4.78 is 5.22. The maximum absolute atomic E-state index is 10.9.